The molecule has 0 saturated heterocycles. The standard InChI is InChI=1S/4Fe.3O.Ti. The molecule has 0 aromatic rings. The molecule has 8 heavy (non-hydrogen) atoms. The summed E-state index contributed by atoms with van der Waals surface area (Å²) in [5, 5.41) is 0. The van der Waals surface area contributed by atoms with E-state index < -0.39 is 0 Å². The average Bonchev–Trinajstić information content (AvgIpc) is 1.81. The van der Waals surface area contributed by atoms with Gasteiger partial charge in [-0.25, -0.2) is 0 Å². The third-order valence-electron chi connectivity index (χ3n) is 0. The van der Waals surface area contributed by atoms with E-state index in [4.69, 9.17) is 11.5 Å². The zero-order valence-corrected chi connectivity index (χ0v) is 9.12. The molecule has 0 bridgehead atoms. The summed E-state index contributed by atoms with van der Waals surface area (Å²) in [5.74, 6) is 0. The number of hydrogen-bond donors (Lipinski definition) is 0. The van der Waals surface area contributed by atoms with Crippen molar-refractivity contribution in [3.8, 4) is 0 Å². The van der Waals surface area contributed by atoms with Crippen LogP contribution >= 0.6 is 0 Å². The Labute approximate surface area is 96.9 Å². The minimum absolute atomic E-state index is 0. The summed E-state index contributed by atoms with van der Waals surface area (Å²) < 4.78 is 24.0. The van der Waals surface area contributed by atoms with E-state index in [9.17, 15) is 0 Å². The van der Waals surface area contributed by atoms with Crippen LogP contribution in [0.4, 0.5) is 0 Å². The van der Waals surface area contributed by atoms with Crippen LogP contribution in [0.3, 0.4) is 0 Å². The quantitative estimate of drug-likeness (QED) is 0.573. The first-order chi connectivity index (χ1) is 3.00. The van der Waals surface area contributed by atoms with E-state index in [1.807, 2.05) is 47.8 Å². The molecule has 0 aliphatic carbocycles. The summed E-state index contributed by atoms with van der Waals surface area (Å²) in [5.41, 5.74) is 0. The van der Waals surface area contributed by atoms with Crippen LogP contribution in [-0.4, -0.2) is 0 Å². The van der Waals surface area contributed by atoms with E-state index in [0.29, 0.717) is 0 Å². The van der Waals surface area contributed by atoms with Gasteiger partial charge >= 0.3 is 59.3 Å². The topological polar surface area (TPSA) is 51.2 Å². The summed E-state index contributed by atoms with van der Waals surface area (Å²) in [6.07, 6.45) is 0. The third-order valence-corrected chi connectivity index (χ3v) is 0. The number of rotatable bonds is 0. The molecule has 0 amide bonds. The molecule has 0 N–H and O–H groups in total. The third kappa shape index (κ3) is 88.2. The van der Waals surface area contributed by atoms with Gasteiger partial charge in [-0.05, 0) is 0 Å². The molecule has 0 spiro atoms. The molecule has 0 radical (unpaired) electrons. The van der Waals surface area contributed by atoms with Gasteiger partial charge in [-0.3, -0.25) is 0 Å². The van der Waals surface area contributed by atoms with Crippen LogP contribution in [0.2, 0.25) is 0 Å². The van der Waals surface area contributed by atoms with Crippen molar-refractivity contribution in [3.05, 3.63) is 0 Å². The van der Waals surface area contributed by atoms with E-state index in [1.165, 1.54) is 0 Å². The van der Waals surface area contributed by atoms with Crippen LogP contribution in [0.25, 0.3) is 0 Å². The zero-order chi connectivity index (χ0) is 6.00. The first-order valence-electron chi connectivity index (χ1n) is 0.433. The maximum absolute atomic E-state index is 8.00. The van der Waals surface area contributed by atoms with Crippen molar-refractivity contribution >= 4 is 0 Å². The van der Waals surface area contributed by atoms with Crippen LogP contribution in [0.15, 0.2) is 0 Å². The maximum atomic E-state index is 8.00. The molecule has 0 aliphatic heterocycles. The van der Waals surface area contributed by atoms with Gasteiger partial charge < -0.3 is 0 Å². The van der Waals surface area contributed by atoms with Gasteiger partial charge in [0.05, 0.1) is 0 Å². The van der Waals surface area contributed by atoms with Gasteiger partial charge in [0.15, 0.2) is 0 Å². The van der Waals surface area contributed by atoms with Crippen LogP contribution in [0, 0.1) is 0 Å². The number of hydrogen-bond acceptors (Lipinski definition) is 3. The Morgan fingerprint density at radius 3 is 0.625 bits per heavy atom. The summed E-state index contributed by atoms with van der Waals surface area (Å²) >= 11 is 6.00. The van der Waals surface area contributed by atoms with Gasteiger partial charge in [-0.2, -0.15) is 0 Å². The Hall–Kier alpha value is 2.19. The molecule has 0 heterocycles. The van der Waals surface area contributed by atoms with Crippen molar-refractivity contribution in [2.75, 3.05) is 0 Å². The van der Waals surface area contributed by atoms with Crippen molar-refractivity contribution in [2.24, 2.45) is 0 Å². The van der Waals surface area contributed by atoms with E-state index in [1.54, 1.807) is 0 Å². The molecule has 0 fully saturated rings. The van der Waals surface area contributed by atoms with E-state index in [2.05, 4.69) is 0 Å². The van der Waals surface area contributed by atoms with Crippen molar-refractivity contribution in [2.45, 2.75) is 0 Å². The van der Waals surface area contributed by atoms with Crippen LogP contribution in [0.5, 0.6) is 0 Å². The smallest absolute Gasteiger partial charge is 0 e. The molecule has 0 aromatic carbocycles. The maximum Gasteiger partial charge on any atom is 0 e. The second kappa shape index (κ2) is 128. The van der Waals surface area contributed by atoms with Gasteiger partial charge in [-0.15, -0.1) is 0 Å². The van der Waals surface area contributed by atoms with E-state index in [0.717, 1.165) is 0 Å². The Kier molecular flexibility index (Phi) is 513. The Balaban J connectivity index is -0.00000000500. The van der Waals surface area contributed by atoms with Crippen LogP contribution in [0.1, 0.15) is 0 Å². The van der Waals surface area contributed by atoms with E-state index in [-0.39, 0.29) is 38.8 Å². The molecule has 54 valence electrons. The Morgan fingerprint density at radius 1 is 0.625 bits per heavy atom. The van der Waals surface area contributed by atoms with Gasteiger partial charge in [0.1, 0.15) is 0 Å². The Morgan fingerprint density at radius 2 is 0.625 bits per heavy atom. The summed E-state index contributed by atoms with van der Waals surface area (Å²) in [4.78, 5) is 0. The fourth-order valence-corrected chi connectivity index (χ4v) is 0. The van der Waals surface area contributed by atoms with Gasteiger partial charge in [-0.1, -0.05) is 0 Å². The minimum Gasteiger partial charge on any atom is 0 e. The largest absolute Gasteiger partial charge is 0 e. The normalized spacial score (nSPS) is 1.88. The van der Waals surface area contributed by atoms with Crippen molar-refractivity contribution in [1.82, 2.24) is 0 Å². The zero-order valence-electron chi connectivity index (χ0n) is 3.14. The summed E-state index contributed by atoms with van der Waals surface area (Å²) in [7, 11) is 0. The van der Waals surface area contributed by atoms with Crippen molar-refractivity contribution in [1.29, 1.82) is 0 Å². The van der Waals surface area contributed by atoms with Gasteiger partial charge in [0, 0.05) is 38.8 Å². The minimum atomic E-state index is 0. The van der Waals surface area contributed by atoms with Crippen molar-refractivity contribution in [3.63, 3.8) is 0 Å². The Bertz CT molecular complexity index is 16.0. The monoisotopic (exact) mass is 320 g/mol. The van der Waals surface area contributed by atoms with Crippen LogP contribution in [-0.2, 0) is 98.1 Å². The second-order valence-corrected chi connectivity index (χ2v) is 0. The molecule has 0 saturated carbocycles. The molecular weight excluding hydrogens is 319 g/mol. The average molecular weight is 319 g/mol. The predicted octanol–water partition coefficient (Wildman–Crippen LogP) is -0.369. The molecule has 0 unspecified atom stereocenters. The molecule has 0 atom stereocenters. The van der Waals surface area contributed by atoms with Crippen molar-refractivity contribution < 1.29 is 98.1 Å². The van der Waals surface area contributed by atoms with Gasteiger partial charge in [0.25, 0.3) is 0 Å². The molecule has 0 aromatic heterocycles. The molecular formula is Fe4O3Ti. The summed E-state index contributed by atoms with van der Waals surface area (Å²) in [6, 6.07) is 0. The summed E-state index contributed by atoms with van der Waals surface area (Å²) in [6.45, 7) is 0. The molecule has 0 aliphatic rings. The van der Waals surface area contributed by atoms with E-state index >= 15 is 0 Å². The van der Waals surface area contributed by atoms with Crippen LogP contribution < -0.4 is 0 Å². The fourth-order valence-electron chi connectivity index (χ4n) is 0. The molecule has 8 heteroatoms. The fraction of sp³-hybridized carbons (Fsp3) is 0. The van der Waals surface area contributed by atoms with Gasteiger partial charge in [0.2, 0.25) is 0 Å². The molecule has 0 rings (SSSR count). The second-order valence-electron chi connectivity index (χ2n) is 0. The predicted molar refractivity (Wildman–Crippen MR) is 2.06 cm³/mol. The SMILES string of the molecule is [Fe].[O]=[Fe].[O]=[Fe].[O]=[Fe].[Ti]. The first kappa shape index (κ1) is 31.9. The molecule has 3 nitrogen and oxygen atoms in total. The first-order valence-corrected chi connectivity index (χ1v) is 1.79.